The van der Waals surface area contributed by atoms with Crippen molar-refractivity contribution in [2.24, 2.45) is 5.10 Å². The fourth-order valence-corrected chi connectivity index (χ4v) is 2.16. The van der Waals surface area contributed by atoms with E-state index in [1.165, 1.54) is 0 Å². The molecular formula is C17H17BrN2O3. The summed E-state index contributed by atoms with van der Waals surface area (Å²) < 4.78 is 11.6. The Morgan fingerprint density at radius 1 is 1.22 bits per heavy atom. The molecular weight excluding hydrogens is 360 g/mol. The van der Waals surface area contributed by atoms with Crippen LogP contribution in [0, 0.1) is 0 Å². The number of benzene rings is 2. The molecule has 5 nitrogen and oxygen atoms in total. The largest absolute Gasteiger partial charge is 0.497 e. The fourth-order valence-electron chi connectivity index (χ4n) is 1.78. The van der Waals surface area contributed by atoms with Crippen LogP contribution in [0.1, 0.15) is 12.5 Å². The highest BCUT2D eigenvalue weighted by Gasteiger charge is 2.13. The van der Waals surface area contributed by atoms with Crippen LogP contribution < -0.4 is 14.9 Å². The number of ether oxygens (including phenoxy) is 2. The summed E-state index contributed by atoms with van der Waals surface area (Å²) in [5.74, 6) is 1.01. The third-order valence-electron chi connectivity index (χ3n) is 2.96. The summed E-state index contributed by atoms with van der Waals surface area (Å²) in [7, 11) is 1.60. The van der Waals surface area contributed by atoms with Gasteiger partial charge in [-0.05, 0) is 42.8 Å². The Kier molecular flexibility index (Phi) is 6.17. The zero-order valence-corrected chi connectivity index (χ0v) is 14.4. The van der Waals surface area contributed by atoms with Crippen LogP contribution in [0.25, 0.3) is 0 Å². The molecule has 0 aliphatic carbocycles. The highest BCUT2D eigenvalue weighted by atomic mass is 79.9. The van der Waals surface area contributed by atoms with Gasteiger partial charge in [0.05, 0.1) is 13.3 Å². The molecule has 1 atom stereocenters. The van der Waals surface area contributed by atoms with Crippen molar-refractivity contribution in [1.82, 2.24) is 5.43 Å². The molecule has 0 aliphatic rings. The summed E-state index contributed by atoms with van der Waals surface area (Å²) in [4.78, 5) is 12.0. The van der Waals surface area contributed by atoms with Crippen LogP contribution in [-0.4, -0.2) is 25.3 Å². The van der Waals surface area contributed by atoms with Crippen molar-refractivity contribution in [2.45, 2.75) is 13.0 Å². The maximum Gasteiger partial charge on any atom is 0.280 e. The Morgan fingerprint density at radius 2 is 1.96 bits per heavy atom. The van der Waals surface area contributed by atoms with E-state index in [9.17, 15) is 4.79 Å². The normalized spacial score (nSPS) is 12.0. The molecule has 0 fully saturated rings. The molecule has 0 aliphatic heterocycles. The number of hydrogen-bond acceptors (Lipinski definition) is 4. The summed E-state index contributed by atoms with van der Waals surface area (Å²) in [5.41, 5.74) is 3.28. The number of hydrazone groups is 1. The van der Waals surface area contributed by atoms with Crippen molar-refractivity contribution in [2.75, 3.05) is 7.11 Å². The van der Waals surface area contributed by atoms with Crippen LogP contribution in [0.2, 0.25) is 0 Å². The van der Waals surface area contributed by atoms with E-state index in [2.05, 4.69) is 26.5 Å². The van der Waals surface area contributed by atoms with Gasteiger partial charge in [0.2, 0.25) is 0 Å². The van der Waals surface area contributed by atoms with Gasteiger partial charge in [-0.2, -0.15) is 5.10 Å². The lowest BCUT2D eigenvalue weighted by Crippen LogP contribution is -2.33. The molecule has 0 heterocycles. The first-order valence-corrected chi connectivity index (χ1v) is 7.77. The van der Waals surface area contributed by atoms with Gasteiger partial charge >= 0.3 is 0 Å². The molecule has 0 saturated heterocycles. The van der Waals surface area contributed by atoms with E-state index in [1.54, 1.807) is 32.4 Å². The standard InChI is InChI=1S/C17H17BrN2O3/c1-12(23-16-8-4-6-14(18)10-16)17(21)20-19-11-13-5-3-7-15(9-13)22-2/h3-12H,1-2H3,(H,20,21)/b19-11-/t12-/m1/s1. The number of carbonyl (C=O) groups is 1. The first-order chi connectivity index (χ1) is 11.1. The number of methoxy groups -OCH3 is 1. The first-order valence-electron chi connectivity index (χ1n) is 6.97. The van der Waals surface area contributed by atoms with Crippen LogP contribution in [-0.2, 0) is 4.79 Å². The third kappa shape index (κ3) is 5.41. The molecule has 0 spiro atoms. The highest BCUT2D eigenvalue weighted by molar-refractivity contribution is 9.10. The summed E-state index contributed by atoms with van der Waals surface area (Å²) in [6.07, 6.45) is 0.887. The van der Waals surface area contributed by atoms with Crippen LogP contribution in [0.15, 0.2) is 58.1 Å². The second-order valence-corrected chi connectivity index (χ2v) is 5.64. The Hall–Kier alpha value is -2.34. The molecule has 120 valence electrons. The Bertz CT molecular complexity index is 704. The maximum absolute atomic E-state index is 12.0. The van der Waals surface area contributed by atoms with Crippen molar-refractivity contribution < 1.29 is 14.3 Å². The zero-order valence-electron chi connectivity index (χ0n) is 12.8. The van der Waals surface area contributed by atoms with Gasteiger partial charge < -0.3 is 9.47 Å². The van der Waals surface area contributed by atoms with Gasteiger partial charge in [0.15, 0.2) is 6.10 Å². The lowest BCUT2D eigenvalue weighted by Gasteiger charge is -2.13. The predicted molar refractivity (Wildman–Crippen MR) is 93.0 cm³/mol. The first kappa shape index (κ1) is 17.0. The molecule has 2 rings (SSSR count). The monoisotopic (exact) mass is 376 g/mol. The molecule has 0 saturated carbocycles. The quantitative estimate of drug-likeness (QED) is 0.620. The molecule has 1 N–H and O–H groups in total. The number of carbonyl (C=O) groups excluding carboxylic acids is 1. The van der Waals surface area contributed by atoms with Gasteiger partial charge in [0.25, 0.3) is 5.91 Å². The third-order valence-corrected chi connectivity index (χ3v) is 3.45. The van der Waals surface area contributed by atoms with Crippen LogP contribution in [0.3, 0.4) is 0 Å². The number of rotatable bonds is 6. The Balaban J connectivity index is 1.89. The molecule has 23 heavy (non-hydrogen) atoms. The number of halogens is 1. The van der Waals surface area contributed by atoms with Crippen molar-refractivity contribution in [3.05, 3.63) is 58.6 Å². The lowest BCUT2D eigenvalue weighted by atomic mass is 10.2. The van der Waals surface area contributed by atoms with E-state index < -0.39 is 6.10 Å². The van der Waals surface area contributed by atoms with Gasteiger partial charge in [-0.15, -0.1) is 0 Å². The Morgan fingerprint density at radius 3 is 2.70 bits per heavy atom. The second kappa shape index (κ2) is 8.33. The molecule has 0 bridgehead atoms. The summed E-state index contributed by atoms with van der Waals surface area (Å²) in [6.45, 7) is 1.66. The van der Waals surface area contributed by atoms with Crippen LogP contribution in [0.4, 0.5) is 0 Å². The maximum atomic E-state index is 12.0. The molecule has 1 amide bonds. The van der Waals surface area contributed by atoms with E-state index in [4.69, 9.17) is 9.47 Å². The Labute approximate surface area is 143 Å². The summed E-state index contributed by atoms with van der Waals surface area (Å²) >= 11 is 3.35. The predicted octanol–water partition coefficient (Wildman–Crippen LogP) is 3.38. The van der Waals surface area contributed by atoms with Crippen molar-refractivity contribution in [1.29, 1.82) is 0 Å². The second-order valence-electron chi connectivity index (χ2n) is 4.73. The number of hydrogen-bond donors (Lipinski definition) is 1. The van der Waals surface area contributed by atoms with Crippen molar-refractivity contribution in [3.63, 3.8) is 0 Å². The molecule has 0 unspecified atom stereocenters. The summed E-state index contributed by atoms with van der Waals surface area (Å²) in [6, 6.07) is 14.7. The number of amides is 1. The smallest absolute Gasteiger partial charge is 0.280 e. The van der Waals surface area contributed by atoms with Crippen LogP contribution in [0.5, 0.6) is 11.5 Å². The van der Waals surface area contributed by atoms with Gasteiger partial charge in [0.1, 0.15) is 11.5 Å². The van der Waals surface area contributed by atoms with Crippen molar-refractivity contribution >= 4 is 28.1 Å². The minimum absolute atomic E-state index is 0.330. The van der Waals surface area contributed by atoms with Gasteiger partial charge in [-0.3, -0.25) is 4.79 Å². The molecule has 2 aromatic rings. The van der Waals surface area contributed by atoms with E-state index in [0.717, 1.165) is 15.8 Å². The van der Waals surface area contributed by atoms with Crippen molar-refractivity contribution in [3.8, 4) is 11.5 Å². The molecule has 0 aromatic heterocycles. The van der Waals surface area contributed by atoms with E-state index in [-0.39, 0.29) is 5.91 Å². The minimum atomic E-state index is -0.660. The van der Waals surface area contributed by atoms with Gasteiger partial charge in [-0.25, -0.2) is 5.43 Å². The van der Waals surface area contributed by atoms with E-state index in [1.807, 2.05) is 36.4 Å². The van der Waals surface area contributed by atoms with E-state index in [0.29, 0.717) is 5.75 Å². The molecule has 0 radical (unpaired) electrons. The average molecular weight is 377 g/mol. The van der Waals surface area contributed by atoms with Gasteiger partial charge in [-0.1, -0.05) is 34.1 Å². The number of nitrogens with one attached hydrogen (secondary N) is 1. The fraction of sp³-hybridized carbons (Fsp3) is 0.176. The lowest BCUT2D eigenvalue weighted by molar-refractivity contribution is -0.127. The summed E-state index contributed by atoms with van der Waals surface area (Å²) in [5, 5.41) is 3.93. The SMILES string of the molecule is COc1cccc(/C=N\NC(=O)[C@@H](C)Oc2cccc(Br)c2)c1. The zero-order chi connectivity index (χ0) is 16.7. The molecule has 2 aromatic carbocycles. The van der Waals surface area contributed by atoms with Gasteiger partial charge in [0, 0.05) is 4.47 Å². The average Bonchev–Trinajstić information content (AvgIpc) is 2.55. The van der Waals surface area contributed by atoms with E-state index >= 15 is 0 Å². The minimum Gasteiger partial charge on any atom is -0.497 e. The number of nitrogens with zero attached hydrogens (tertiary/aromatic N) is 1. The topological polar surface area (TPSA) is 59.9 Å². The molecule has 6 heteroatoms. The highest BCUT2D eigenvalue weighted by Crippen LogP contribution is 2.18. The van der Waals surface area contributed by atoms with Crippen LogP contribution >= 0.6 is 15.9 Å².